The fourth-order valence-corrected chi connectivity index (χ4v) is 4.71. The monoisotopic (exact) mass is 450 g/mol. The van der Waals surface area contributed by atoms with Gasteiger partial charge in [0.2, 0.25) is 5.91 Å². The van der Waals surface area contributed by atoms with Gasteiger partial charge < -0.3 is 10.1 Å². The van der Waals surface area contributed by atoms with Crippen LogP contribution in [-0.4, -0.2) is 33.0 Å². The summed E-state index contributed by atoms with van der Waals surface area (Å²) in [7, 11) is 0. The summed E-state index contributed by atoms with van der Waals surface area (Å²) in [4.78, 5) is 12.2. The summed E-state index contributed by atoms with van der Waals surface area (Å²) < 4.78 is 8.24. The first kappa shape index (κ1) is 22.9. The van der Waals surface area contributed by atoms with E-state index in [9.17, 15) is 4.79 Å². The molecule has 8 heteroatoms. The first-order valence-electron chi connectivity index (χ1n) is 10.7. The lowest BCUT2D eigenvalue weighted by atomic mass is 9.95. The van der Waals surface area contributed by atoms with Gasteiger partial charge in [0.05, 0.1) is 5.75 Å². The normalized spacial score (nSPS) is 14.8. The highest BCUT2D eigenvalue weighted by atomic mass is 35.5. The fourth-order valence-electron chi connectivity index (χ4n) is 3.63. The van der Waals surface area contributed by atoms with Crippen molar-refractivity contribution in [3.63, 3.8) is 0 Å². The molecule has 0 atom stereocenters. The van der Waals surface area contributed by atoms with E-state index in [2.05, 4.69) is 33.9 Å². The van der Waals surface area contributed by atoms with Crippen LogP contribution in [0.5, 0.6) is 5.75 Å². The molecule has 1 N–H and O–H groups in total. The number of carbonyl (C=O) groups excluding carboxylic acids is 1. The molecule has 0 saturated heterocycles. The lowest BCUT2D eigenvalue weighted by Crippen LogP contribution is -2.29. The Labute approximate surface area is 188 Å². The summed E-state index contributed by atoms with van der Waals surface area (Å²) in [6, 6.07) is 5.96. The van der Waals surface area contributed by atoms with Gasteiger partial charge in [0.1, 0.15) is 12.4 Å². The molecule has 0 radical (unpaired) electrons. The molecule has 3 rings (SSSR count). The van der Waals surface area contributed by atoms with Crippen LogP contribution in [0.4, 0.5) is 0 Å². The number of nitrogens with one attached hydrogen (secondary N) is 1. The minimum absolute atomic E-state index is 0.0292. The van der Waals surface area contributed by atoms with Crippen molar-refractivity contribution in [3.05, 3.63) is 34.6 Å². The van der Waals surface area contributed by atoms with Crippen molar-refractivity contribution < 1.29 is 9.53 Å². The highest BCUT2D eigenvalue weighted by Gasteiger charge is 2.24. The topological polar surface area (TPSA) is 69.0 Å². The maximum atomic E-state index is 12.2. The first-order chi connectivity index (χ1) is 14.4. The number of benzene rings is 1. The number of hydrogen-bond donors (Lipinski definition) is 1. The highest BCUT2D eigenvalue weighted by molar-refractivity contribution is 7.99. The third-order valence-electron chi connectivity index (χ3n) is 5.21. The number of rotatable bonds is 9. The molecule has 1 amide bonds. The number of halogens is 1. The Morgan fingerprint density at radius 1 is 1.30 bits per heavy atom. The van der Waals surface area contributed by atoms with Gasteiger partial charge in [-0.25, -0.2) is 0 Å². The standard InChI is InChI=1S/C22H31ClN4O2S/c1-15(2)12-24-21(28)14-30-22-26-25-20(27(22)18-7-5-4-6-8-18)13-29-19-10-9-17(23)11-16(19)3/h9-11,15,18H,4-8,12-14H2,1-3H3,(H,24,28). The van der Waals surface area contributed by atoms with Crippen LogP contribution in [0.15, 0.2) is 23.4 Å². The van der Waals surface area contributed by atoms with Crippen LogP contribution in [0.25, 0.3) is 0 Å². The molecular formula is C22H31ClN4O2S. The second-order valence-electron chi connectivity index (χ2n) is 8.25. The number of aryl methyl sites for hydroxylation is 1. The third kappa shape index (κ3) is 6.38. The zero-order valence-electron chi connectivity index (χ0n) is 18.0. The Hall–Kier alpha value is -1.73. The lowest BCUT2D eigenvalue weighted by molar-refractivity contribution is -0.118. The van der Waals surface area contributed by atoms with Gasteiger partial charge in [0.15, 0.2) is 11.0 Å². The van der Waals surface area contributed by atoms with Gasteiger partial charge in [-0.3, -0.25) is 9.36 Å². The molecule has 0 bridgehead atoms. The van der Waals surface area contributed by atoms with Crippen molar-refractivity contribution >= 4 is 29.3 Å². The summed E-state index contributed by atoms with van der Waals surface area (Å²) in [6.45, 7) is 7.17. The van der Waals surface area contributed by atoms with Crippen molar-refractivity contribution in [1.82, 2.24) is 20.1 Å². The molecule has 0 aliphatic heterocycles. The molecule has 1 aliphatic rings. The zero-order valence-corrected chi connectivity index (χ0v) is 19.6. The Balaban J connectivity index is 1.71. The fraction of sp³-hybridized carbons (Fsp3) is 0.591. The molecule has 30 heavy (non-hydrogen) atoms. The Morgan fingerprint density at radius 2 is 2.07 bits per heavy atom. The van der Waals surface area contributed by atoms with Gasteiger partial charge in [-0.05, 0) is 49.4 Å². The molecule has 1 aliphatic carbocycles. The largest absolute Gasteiger partial charge is 0.485 e. The molecule has 0 unspecified atom stereocenters. The van der Waals surface area contributed by atoms with E-state index in [0.29, 0.717) is 35.9 Å². The molecule has 1 aromatic carbocycles. The van der Waals surface area contributed by atoms with E-state index in [4.69, 9.17) is 16.3 Å². The van der Waals surface area contributed by atoms with E-state index in [1.165, 1.54) is 31.0 Å². The maximum Gasteiger partial charge on any atom is 0.230 e. The zero-order chi connectivity index (χ0) is 21.5. The predicted octanol–water partition coefficient (Wildman–Crippen LogP) is 5.19. The third-order valence-corrected chi connectivity index (χ3v) is 6.39. The van der Waals surface area contributed by atoms with Crippen molar-refractivity contribution in [1.29, 1.82) is 0 Å². The van der Waals surface area contributed by atoms with Crippen LogP contribution in [-0.2, 0) is 11.4 Å². The number of thioether (sulfide) groups is 1. The SMILES string of the molecule is Cc1cc(Cl)ccc1OCc1nnc(SCC(=O)NCC(C)C)n1C1CCCCC1. The second-order valence-corrected chi connectivity index (χ2v) is 9.62. The van der Waals surface area contributed by atoms with Gasteiger partial charge in [0.25, 0.3) is 0 Å². The molecule has 1 saturated carbocycles. The van der Waals surface area contributed by atoms with Crippen LogP contribution in [0.1, 0.15) is 63.4 Å². The second kappa shape index (κ2) is 11.0. The van der Waals surface area contributed by atoms with Gasteiger partial charge in [-0.15, -0.1) is 10.2 Å². The van der Waals surface area contributed by atoms with Crippen molar-refractivity contribution in [2.45, 2.75) is 70.7 Å². The summed E-state index contributed by atoms with van der Waals surface area (Å²) in [6.07, 6.45) is 5.90. The smallest absolute Gasteiger partial charge is 0.230 e. The van der Waals surface area contributed by atoms with Gasteiger partial charge in [0, 0.05) is 17.6 Å². The molecule has 1 heterocycles. The molecular weight excluding hydrogens is 420 g/mol. The molecule has 1 fully saturated rings. The van der Waals surface area contributed by atoms with Crippen molar-refractivity contribution in [2.75, 3.05) is 12.3 Å². The number of carbonyl (C=O) groups is 1. The maximum absolute atomic E-state index is 12.2. The Kier molecular flexibility index (Phi) is 8.45. The number of amides is 1. The number of ether oxygens (including phenoxy) is 1. The molecule has 0 spiro atoms. The summed E-state index contributed by atoms with van der Waals surface area (Å²) in [5, 5.41) is 13.3. The van der Waals surface area contributed by atoms with E-state index >= 15 is 0 Å². The molecule has 164 valence electrons. The van der Waals surface area contributed by atoms with Crippen LogP contribution in [0, 0.1) is 12.8 Å². The van der Waals surface area contributed by atoms with E-state index in [1.54, 1.807) is 0 Å². The highest BCUT2D eigenvalue weighted by Crippen LogP contribution is 2.33. The van der Waals surface area contributed by atoms with Crippen LogP contribution in [0.3, 0.4) is 0 Å². The first-order valence-corrected chi connectivity index (χ1v) is 12.0. The Morgan fingerprint density at radius 3 is 2.77 bits per heavy atom. The van der Waals surface area contributed by atoms with Gasteiger partial charge in [-0.2, -0.15) is 0 Å². The summed E-state index contributed by atoms with van der Waals surface area (Å²) in [5.74, 6) is 2.40. The van der Waals surface area contributed by atoms with Crippen molar-refractivity contribution in [2.24, 2.45) is 5.92 Å². The van der Waals surface area contributed by atoms with Crippen molar-refractivity contribution in [3.8, 4) is 5.75 Å². The number of aromatic nitrogens is 3. The summed E-state index contributed by atoms with van der Waals surface area (Å²) >= 11 is 7.50. The van der Waals surface area contributed by atoms with Crippen LogP contribution in [0.2, 0.25) is 5.02 Å². The minimum atomic E-state index is 0.0292. The predicted molar refractivity (Wildman–Crippen MR) is 121 cm³/mol. The van der Waals surface area contributed by atoms with Gasteiger partial charge in [-0.1, -0.05) is 56.5 Å². The van der Waals surface area contributed by atoms with Crippen LogP contribution < -0.4 is 10.1 Å². The molecule has 6 nitrogen and oxygen atoms in total. The quantitative estimate of drug-likeness (QED) is 0.532. The summed E-state index contributed by atoms with van der Waals surface area (Å²) in [5.41, 5.74) is 0.989. The lowest BCUT2D eigenvalue weighted by Gasteiger charge is -2.25. The number of nitrogens with zero attached hydrogens (tertiary/aromatic N) is 3. The average molecular weight is 451 g/mol. The van der Waals surface area contributed by atoms with E-state index in [0.717, 1.165) is 35.1 Å². The average Bonchev–Trinajstić information content (AvgIpc) is 3.13. The Bertz CT molecular complexity index is 850. The van der Waals surface area contributed by atoms with Gasteiger partial charge >= 0.3 is 0 Å². The van der Waals surface area contributed by atoms with E-state index < -0.39 is 0 Å². The molecule has 2 aromatic rings. The minimum Gasteiger partial charge on any atom is -0.485 e. The van der Waals surface area contributed by atoms with E-state index in [-0.39, 0.29) is 5.91 Å². The van der Waals surface area contributed by atoms with Crippen LogP contribution >= 0.6 is 23.4 Å². The van der Waals surface area contributed by atoms with E-state index in [1.807, 2.05) is 25.1 Å². The molecule has 1 aromatic heterocycles. The number of hydrogen-bond acceptors (Lipinski definition) is 5.